The minimum absolute atomic E-state index is 0.00655. The van der Waals surface area contributed by atoms with E-state index in [1.54, 1.807) is 11.8 Å². The van der Waals surface area contributed by atoms with Gasteiger partial charge in [0.15, 0.2) is 0 Å². The van der Waals surface area contributed by atoms with E-state index in [9.17, 15) is 0 Å². The van der Waals surface area contributed by atoms with E-state index in [-0.39, 0.29) is 6.04 Å². The molecule has 0 bridgehead atoms. The summed E-state index contributed by atoms with van der Waals surface area (Å²) in [5, 5.41) is 7.75. The van der Waals surface area contributed by atoms with Crippen molar-refractivity contribution in [3.63, 3.8) is 0 Å². The lowest BCUT2D eigenvalue weighted by atomic mass is 10.1. The quantitative estimate of drug-likeness (QED) is 0.520. The van der Waals surface area contributed by atoms with Crippen molar-refractivity contribution in [3.05, 3.63) is 23.4 Å². The fraction of sp³-hybridized carbons (Fsp3) is 0.643. The molecule has 6 nitrogen and oxygen atoms in total. The van der Waals surface area contributed by atoms with E-state index in [1.165, 1.54) is 0 Å². The fourth-order valence-corrected chi connectivity index (χ4v) is 2.15. The fourth-order valence-electron chi connectivity index (χ4n) is 2.15. The number of rotatable bonds is 9. The minimum atomic E-state index is 0.00655. The second-order valence-electron chi connectivity index (χ2n) is 4.88. The van der Waals surface area contributed by atoms with E-state index in [4.69, 9.17) is 15.2 Å². The van der Waals surface area contributed by atoms with Crippen LogP contribution in [0.4, 0.5) is 0 Å². The molecule has 0 aromatic carbocycles. The molecule has 0 aliphatic heterocycles. The molecule has 1 unspecified atom stereocenters. The molecule has 1 heterocycles. The lowest BCUT2D eigenvalue weighted by Gasteiger charge is -2.18. The van der Waals surface area contributed by atoms with Crippen LogP contribution in [-0.2, 0) is 11.8 Å². The summed E-state index contributed by atoms with van der Waals surface area (Å²) in [6.07, 6.45) is 0. The number of hydrogen-bond donors (Lipinski definition) is 2. The van der Waals surface area contributed by atoms with Crippen LogP contribution < -0.4 is 15.8 Å². The van der Waals surface area contributed by atoms with E-state index in [0.29, 0.717) is 26.3 Å². The van der Waals surface area contributed by atoms with Crippen molar-refractivity contribution in [2.75, 3.05) is 33.4 Å². The Hall–Kier alpha value is -1.37. The van der Waals surface area contributed by atoms with Crippen LogP contribution in [0.3, 0.4) is 0 Å². The van der Waals surface area contributed by atoms with Crippen molar-refractivity contribution in [1.29, 1.82) is 0 Å². The molecule has 0 aliphatic carbocycles. The molecule has 1 rings (SSSR count). The van der Waals surface area contributed by atoms with Gasteiger partial charge in [-0.15, -0.1) is 0 Å². The van der Waals surface area contributed by atoms with E-state index in [2.05, 4.69) is 17.0 Å². The Morgan fingerprint density at radius 2 is 2.25 bits per heavy atom. The highest BCUT2D eigenvalue weighted by molar-refractivity contribution is 5.34. The molecule has 1 aromatic rings. The Morgan fingerprint density at radius 1 is 1.55 bits per heavy atom. The van der Waals surface area contributed by atoms with Gasteiger partial charge in [0.05, 0.1) is 37.6 Å². The first-order valence-corrected chi connectivity index (χ1v) is 6.74. The average Bonchev–Trinajstić information content (AvgIpc) is 2.68. The number of hydrogen-bond acceptors (Lipinski definition) is 5. The van der Waals surface area contributed by atoms with Crippen molar-refractivity contribution < 1.29 is 9.47 Å². The molecular formula is C14H26N4O2. The Kier molecular flexibility index (Phi) is 6.70. The van der Waals surface area contributed by atoms with Gasteiger partial charge in [-0.05, 0) is 13.8 Å². The molecule has 20 heavy (non-hydrogen) atoms. The van der Waals surface area contributed by atoms with Crippen LogP contribution in [-0.4, -0.2) is 43.2 Å². The lowest BCUT2D eigenvalue weighted by Crippen LogP contribution is -2.31. The minimum Gasteiger partial charge on any atom is -0.481 e. The van der Waals surface area contributed by atoms with Crippen LogP contribution in [0.1, 0.15) is 24.2 Å². The highest BCUT2D eigenvalue weighted by Gasteiger charge is 2.21. The van der Waals surface area contributed by atoms with E-state index >= 15 is 0 Å². The molecule has 6 heteroatoms. The lowest BCUT2D eigenvalue weighted by molar-refractivity contribution is 0.155. The molecule has 1 atom stereocenters. The predicted molar refractivity (Wildman–Crippen MR) is 79.9 cm³/mol. The molecule has 0 saturated heterocycles. The molecule has 114 valence electrons. The zero-order chi connectivity index (χ0) is 15.1. The van der Waals surface area contributed by atoms with Gasteiger partial charge in [-0.3, -0.25) is 0 Å². The first-order chi connectivity index (χ1) is 9.51. The number of aromatic nitrogens is 2. The van der Waals surface area contributed by atoms with Gasteiger partial charge >= 0.3 is 0 Å². The number of methoxy groups -OCH3 is 1. The van der Waals surface area contributed by atoms with Gasteiger partial charge < -0.3 is 20.5 Å². The SMILES string of the molecule is C=C(C)COCCNC(CN)c1c(C)nn(C)c1OC. The normalized spacial score (nSPS) is 12.4. The van der Waals surface area contributed by atoms with Crippen molar-refractivity contribution in [3.8, 4) is 5.88 Å². The second kappa shape index (κ2) is 8.04. The van der Waals surface area contributed by atoms with Crippen LogP contribution in [0, 0.1) is 6.92 Å². The second-order valence-corrected chi connectivity index (χ2v) is 4.88. The van der Waals surface area contributed by atoms with E-state index in [1.807, 2.05) is 20.9 Å². The molecule has 3 N–H and O–H groups in total. The number of aryl methyl sites for hydroxylation is 2. The van der Waals surface area contributed by atoms with Gasteiger partial charge in [0.25, 0.3) is 0 Å². The summed E-state index contributed by atoms with van der Waals surface area (Å²) in [6.45, 7) is 10.1. The monoisotopic (exact) mass is 282 g/mol. The third-order valence-corrected chi connectivity index (χ3v) is 2.98. The molecular weight excluding hydrogens is 256 g/mol. The van der Waals surface area contributed by atoms with Crippen LogP contribution in [0.15, 0.2) is 12.2 Å². The highest BCUT2D eigenvalue weighted by atomic mass is 16.5. The van der Waals surface area contributed by atoms with E-state index in [0.717, 1.165) is 22.7 Å². The third kappa shape index (κ3) is 4.33. The summed E-state index contributed by atoms with van der Waals surface area (Å²) >= 11 is 0. The van der Waals surface area contributed by atoms with Gasteiger partial charge in [-0.1, -0.05) is 12.2 Å². The van der Waals surface area contributed by atoms with E-state index < -0.39 is 0 Å². The van der Waals surface area contributed by atoms with Crippen LogP contribution >= 0.6 is 0 Å². The van der Waals surface area contributed by atoms with Crippen molar-refractivity contribution in [2.45, 2.75) is 19.9 Å². The predicted octanol–water partition coefficient (Wildman–Crippen LogP) is 0.919. The number of nitrogens with one attached hydrogen (secondary N) is 1. The van der Waals surface area contributed by atoms with Crippen LogP contribution in [0.2, 0.25) is 0 Å². The zero-order valence-corrected chi connectivity index (χ0v) is 12.9. The maximum Gasteiger partial charge on any atom is 0.216 e. The van der Waals surface area contributed by atoms with Gasteiger partial charge in [0.2, 0.25) is 5.88 Å². The molecule has 0 spiro atoms. The molecule has 0 amide bonds. The van der Waals surface area contributed by atoms with Gasteiger partial charge in [0.1, 0.15) is 0 Å². The summed E-state index contributed by atoms with van der Waals surface area (Å²) in [5.41, 5.74) is 8.82. The Labute approximate surface area is 120 Å². The summed E-state index contributed by atoms with van der Waals surface area (Å²) in [6, 6.07) is 0.00655. The Balaban J connectivity index is 2.60. The number of nitrogens with zero attached hydrogens (tertiary/aromatic N) is 2. The zero-order valence-electron chi connectivity index (χ0n) is 12.9. The maximum atomic E-state index is 5.86. The molecule has 1 aromatic heterocycles. The first-order valence-electron chi connectivity index (χ1n) is 6.74. The van der Waals surface area contributed by atoms with Gasteiger partial charge in [-0.2, -0.15) is 5.10 Å². The Morgan fingerprint density at radius 3 is 2.80 bits per heavy atom. The summed E-state index contributed by atoms with van der Waals surface area (Å²) in [4.78, 5) is 0. The third-order valence-electron chi connectivity index (χ3n) is 2.98. The van der Waals surface area contributed by atoms with Crippen LogP contribution in [0.5, 0.6) is 5.88 Å². The summed E-state index contributed by atoms with van der Waals surface area (Å²) < 4.78 is 12.6. The smallest absolute Gasteiger partial charge is 0.216 e. The highest BCUT2D eigenvalue weighted by Crippen LogP contribution is 2.27. The maximum absolute atomic E-state index is 5.86. The van der Waals surface area contributed by atoms with Crippen molar-refractivity contribution >= 4 is 0 Å². The molecule has 0 radical (unpaired) electrons. The van der Waals surface area contributed by atoms with Crippen molar-refractivity contribution in [2.24, 2.45) is 12.8 Å². The van der Waals surface area contributed by atoms with Gasteiger partial charge in [-0.25, -0.2) is 4.68 Å². The molecule has 0 fully saturated rings. The number of ether oxygens (including phenoxy) is 2. The Bertz CT molecular complexity index is 443. The topological polar surface area (TPSA) is 74.3 Å². The van der Waals surface area contributed by atoms with Crippen molar-refractivity contribution in [1.82, 2.24) is 15.1 Å². The number of nitrogens with two attached hydrogens (primary N) is 1. The summed E-state index contributed by atoms with van der Waals surface area (Å²) in [5.74, 6) is 0.744. The summed E-state index contributed by atoms with van der Waals surface area (Å²) in [7, 11) is 3.50. The first kappa shape index (κ1) is 16.7. The molecule has 0 aliphatic rings. The van der Waals surface area contributed by atoms with Crippen LogP contribution in [0.25, 0.3) is 0 Å². The van der Waals surface area contributed by atoms with Gasteiger partial charge in [0, 0.05) is 20.1 Å². The molecule has 0 saturated carbocycles. The average molecular weight is 282 g/mol. The standard InChI is InChI=1S/C14H26N4O2/c1-10(2)9-20-7-6-16-12(8-15)13-11(3)17-18(4)14(13)19-5/h12,16H,1,6-9,15H2,2-5H3. The largest absolute Gasteiger partial charge is 0.481 e.